The monoisotopic (exact) mass is 364 g/mol. The highest BCUT2D eigenvalue weighted by Crippen LogP contribution is 2.27. The Morgan fingerprint density at radius 3 is 2.33 bits per heavy atom. The lowest BCUT2D eigenvalue weighted by Crippen LogP contribution is -2.50. The molecule has 1 heterocycles. The van der Waals surface area contributed by atoms with Gasteiger partial charge in [0.25, 0.3) is 0 Å². The first-order chi connectivity index (χ1) is 13.2. The molecule has 4 nitrogen and oxygen atoms in total. The van der Waals surface area contributed by atoms with Gasteiger partial charge in [0, 0.05) is 38.6 Å². The third-order valence-corrected chi connectivity index (χ3v) is 6.06. The van der Waals surface area contributed by atoms with E-state index in [0.29, 0.717) is 5.91 Å². The molecule has 0 bridgehead atoms. The first kappa shape index (κ1) is 18.2. The Balaban J connectivity index is 1.32. The zero-order valence-electron chi connectivity index (χ0n) is 15.8. The largest absolute Gasteiger partial charge is 0.392 e. The summed E-state index contributed by atoms with van der Waals surface area (Å²) in [5, 5.41) is 9.51. The molecule has 0 spiro atoms. The highest BCUT2D eigenvalue weighted by atomic mass is 16.3. The van der Waals surface area contributed by atoms with E-state index >= 15 is 0 Å². The zero-order chi connectivity index (χ0) is 18.6. The summed E-state index contributed by atoms with van der Waals surface area (Å²) in [6.07, 6.45) is 2.88. The van der Waals surface area contributed by atoms with Crippen molar-refractivity contribution in [3.8, 4) is 0 Å². The minimum Gasteiger partial charge on any atom is -0.392 e. The van der Waals surface area contributed by atoms with Gasteiger partial charge in [-0.05, 0) is 41.5 Å². The maximum atomic E-state index is 13.0. The maximum Gasteiger partial charge on any atom is 0.226 e. The molecule has 0 aromatic heterocycles. The molecule has 2 aromatic carbocycles. The highest BCUT2D eigenvalue weighted by molar-refractivity contribution is 5.79. The normalized spacial score (nSPS) is 20.3. The van der Waals surface area contributed by atoms with Crippen molar-refractivity contribution in [1.29, 1.82) is 0 Å². The van der Waals surface area contributed by atoms with E-state index in [9.17, 15) is 9.90 Å². The smallest absolute Gasteiger partial charge is 0.226 e. The summed E-state index contributed by atoms with van der Waals surface area (Å²) in [4.78, 5) is 17.4. The minimum atomic E-state index is 0.0811. The lowest BCUT2D eigenvalue weighted by atomic mass is 9.83. The number of aliphatic hydroxyl groups is 1. The summed E-state index contributed by atoms with van der Waals surface area (Å²) >= 11 is 0. The van der Waals surface area contributed by atoms with Crippen LogP contribution in [-0.2, 0) is 30.8 Å². The van der Waals surface area contributed by atoms with Crippen molar-refractivity contribution < 1.29 is 9.90 Å². The van der Waals surface area contributed by atoms with Gasteiger partial charge in [0.15, 0.2) is 0 Å². The van der Waals surface area contributed by atoms with Gasteiger partial charge in [-0.15, -0.1) is 0 Å². The van der Waals surface area contributed by atoms with Gasteiger partial charge in [0.05, 0.1) is 6.61 Å². The SMILES string of the molecule is O=C(C1CCc2ccccc2C1)N1CCN(Cc2ccccc2CO)CC1. The van der Waals surface area contributed by atoms with Crippen molar-refractivity contribution in [1.82, 2.24) is 9.80 Å². The number of nitrogens with zero attached hydrogens (tertiary/aromatic N) is 2. The standard InChI is InChI=1S/C23H28N2O2/c26-17-22-8-4-3-7-21(22)16-24-11-13-25(14-12-24)23(27)20-10-9-18-5-1-2-6-19(18)15-20/h1-8,20,26H,9-17H2. The average molecular weight is 364 g/mol. The molecule has 1 unspecified atom stereocenters. The summed E-state index contributed by atoms with van der Waals surface area (Å²) in [5.74, 6) is 0.474. The lowest BCUT2D eigenvalue weighted by molar-refractivity contribution is -0.137. The van der Waals surface area contributed by atoms with Crippen molar-refractivity contribution in [3.05, 3.63) is 70.8 Å². The van der Waals surface area contributed by atoms with Crippen LogP contribution in [0.3, 0.4) is 0 Å². The predicted molar refractivity (Wildman–Crippen MR) is 106 cm³/mol. The minimum absolute atomic E-state index is 0.0811. The van der Waals surface area contributed by atoms with E-state index in [-0.39, 0.29) is 12.5 Å². The molecule has 1 saturated heterocycles. The van der Waals surface area contributed by atoms with Crippen LogP contribution in [0.1, 0.15) is 28.7 Å². The Morgan fingerprint density at radius 2 is 1.59 bits per heavy atom. The molecule has 142 valence electrons. The van der Waals surface area contributed by atoms with E-state index < -0.39 is 0 Å². The number of carbonyl (C=O) groups is 1. The second kappa shape index (κ2) is 8.24. The number of aliphatic hydroxyl groups excluding tert-OH is 1. The van der Waals surface area contributed by atoms with Crippen LogP contribution in [0, 0.1) is 5.92 Å². The van der Waals surface area contributed by atoms with E-state index in [0.717, 1.165) is 57.5 Å². The van der Waals surface area contributed by atoms with Gasteiger partial charge in [-0.1, -0.05) is 48.5 Å². The van der Waals surface area contributed by atoms with Crippen LogP contribution in [0.15, 0.2) is 48.5 Å². The van der Waals surface area contributed by atoms with Crippen LogP contribution < -0.4 is 0 Å². The molecule has 1 fully saturated rings. The first-order valence-corrected chi connectivity index (χ1v) is 10.00. The molecule has 4 heteroatoms. The van der Waals surface area contributed by atoms with E-state index in [1.54, 1.807) is 0 Å². The number of hydrogen-bond donors (Lipinski definition) is 1. The van der Waals surface area contributed by atoms with Gasteiger partial charge < -0.3 is 10.0 Å². The van der Waals surface area contributed by atoms with Crippen molar-refractivity contribution in [2.75, 3.05) is 26.2 Å². The number of rotatable bonds is 4. The highest BCUT2D eigenvalue weighted by Gasteiger charge is 2.30. The van der Waals surface area contributed by atoms with E-state index in [1.165, 1.54) is 16.7 Å². The van der Waals surface area contributed by atoms with Gasteiger partial charge >= 0.3 is 0 Å². The number of carbonyl (C=O) groups excluding carboxylic acids is 1. The Morgan fingerprint density at radius 1 is 0.926 bits per heavy atom. The summed E-state index contributed by atoms with van der Waals surface area (Å²) in [5.41, 5.74) is 4.94. The van der Waals surface area contributed by atoms with Gasteiger partial charge in [0.1, 0.15) is 0 Å². The van der Waals surface area contributed by atoms with Crippen LogP contribution in [0.2, 0.25) is 0 Å². The van der Waals surface area contributed by atoms with Crippen molar-refractivity contribution in [2.24, 2.45) is 5.92 Å². The number of piperazine rings is 1. The van der Waals surface area contributed by atoms with Gasteiger partial charge in [-0.25, -0.2) is 0 Å². The average Bonchev–Trinajstić information content (AvgIpc) is 2.74. The van der Waals surface area contributed by atoms with Crippen LogP contribution in [0.4, 0.5) is 0 Å². The van der Waals surface area contributed by atoms with Gasteiger partial charge in [0.2, 0.25) is 5.91 Å². The van der Waals surface area contributed by atoms with Crippen molar-refractivity contribution in [3.63, 3.8) is 0 Å². The number of aryl methyl sites for hydroxylation is 1. The Hall–Kier alpha value is -2.17. The summed E-state index contributed by atoms with van der Waals surface area (Å²) in [6, 6.07) is 16.6. The van der Waals surface area contributed by atoms with Crippen LogP contribution in [-0.4, -0.2) is 47.0 Å². The molecule has 1 atom stereocenters. The molecule has 2 aromatic rings. The fourth-order valence-electron chi connectivity index (χ4n) is 4.40. The lowest BCUT2D eigenvalue weighted by Gasteiger charge is -2.37. The van der Waals surface area contributed by atoms with Gasteiger partial charge in [-0.3, -0.25) is 9.69 Å². The van der Waals surface area contributed by atoms with E-state index in [4.69, 9.17) is 0 Å². The van der Waals surface area contributed by atoms with Crippen LogP contribution in [0.25, 0.3) is 0 Å². The molecule has 1 aliphatic heterocycles. The summed E-state index contributed by atoms with van der Waals surface area (Å²) in [6.45, 7) is 4.33. The van der Waals surface area contributed by atoms with E-state index in [1.807, 2.05) is 18.2 Å². The summed E-state index contributed by atoms with van der Waals surface area (Å²) in [7, 11) is 0. The molecular weight excluding hydrogens is 336 g/mol. The topological polar surface area (TPSA) is 43.8 Å². The number of fused-ring (bicyclic) bond motifs is 1. The third-order valence-electron chi connectivity index (χ3n) is 6.06. The molecule has 0 saturated carbocycles. The Bertz CT molecular complexity index is 796. The fraction of sp³-hybridized carbons (Fsp3) is 0.435. The number of amides is 1. The third kappa shape index (κ3) is 4.07. The second-order valence-corrected chi connectivity index (χ2v) is 7.74. The molecule has 27 heavy (non-hydrogen) atoms. The van der Waals surface area contributed by atoms with Crippen LogP contribution >= 0.6 is 0 Å². The molecular formula is C23H28N2O2. The first-order valence-electron chi connectivity index (χ1n) is 10.00. The van der Waals surface area contributed by atoms with Crippen molar-refractivity contribution >= 4 is 5.91 Å². The second-order valence-electron chi connectivity index (χ2n) is 7.74. The predicted octanol–water partition coefficient (Wildman–Crippen LogP) is 2.63. The molecule has 1 amide bonds. The van der Waals surface area contributed by atoms with Gasteiger partial charge in [-0.2, -0.15) is 0 Å². The van der Waals surface area contributed by atoms with Crippen molar-refractivity contribution in [2.45, 2.75) is 32.4 Å². The quantitative estimate of drug-likeness (QED) is 0.907. The maximum absolute atomic E-state index is 13.0. The molecule has 0 radical (unpaired) electrons. The zero-order valence-corrected chi connectivity index (χ0v) is 15.8. The molecule has 1 aliphatic carbocycles. The number of hydrogen-bond acceptors (Lipinski definition) is 3. The van der Waals surface area contributed by atoms with Crippen LogP contribution in [0.5, 0.6) is 0 Å². The molecule has 1 N–H and O–H groups in total. The number of benzene rings is 2. The fourth-order valence-corrected chi connectivity index (χ4v) is 4.40. The Labute approximate surface area is 161 Å². The molecule has 2 aliphatic rings. The summed E-state index contributed by atoms with van der Waals surface area (Å²) < 4.78 is 0. The van der Waals surface area contributed by atoms with E-state index in [2.05, 4.69) is 40.1 Å². The molecule has 4 rings (SSSR count). The Kier molecular flexibility index (Phi) is 5.55.